The third-order valence-corrected chi connectivity index (χ3v) is 4.76. The first-order chi connectivity index (χ1) is 7.59. The van der Waals surface area contributed by atoms with Gasteiger partial charge in [-0.05, 0) is 19.4 Å². The van der Waals surface area contributed by atoms with Crippen molar-refractivity contribution in [1.82, 2.24) is 9.97 Å². The molecule has 2 N–H and O–H groups in total. The van der Waals surface area contributed by atoms with E-state index in [2.05, 4.69) is 23.8 Å². The number of aryl methyl sites for hydroxylation is 2. The van der Waals surface area contributed by atoms with Gasteiger partial charge >= 0.3 is 0 Å². The lowest BCUT2D eigenvalue weighted by Gasteiger charge is -2.01. The highest BCUT2D eigenvalue weighted by Crippen LogP contribution is 2.34. The molecule has 0 atom stereocenters. The second-order valence-corrected chi connectivity index (χ2v) is 6.09. The van der Waals surface area contributed by atoms with Gasteiger partial charge in [0.1, 0.15) is 16.2 Å². The molecule has 0 radical (unpaired) electrons. The van der Waals surface area contributed by atoms with Crippen LogP contribution < -0.4 is 5.73 Å². The van der Waals surface area contributed by atoms with Crippen LogP contribution in [-0.2, 0) is 0 Å². The third kappa shape index (κ3) is 2.18. The monoisotopic (exact) mass is 269 g/mol. The van der Waals surface area contributed by atoms with Crippen molar-refractivity contribution >= 4 is 50.5 Å². The summed E-state index contributed by atoms with van der Waals surface area (Å²) in [5, 5.41) is 2.12. The molecule has 2 heterocycles. The molecule has 0 unspecified atom stereocenters. The molecule has 2 aromatic heterocycles. The lowest BCUT2D eigenvalue weighted by atomic mass is 10.2. The minimum atomic E-state index is 0.501. The van der Waals surface area contributed by atoms with Crippen molar-refractivity contribution in [2.45, 2.75) is 18.9 Å². The van der Waals surface area contributed by atoms with Gasteiger partial charge in [0.25, 0.3) is 0 Å². The fraction of sp³-hybridized carbons (Fsp3) is 0.300. The molecule has 0 aliphatic carbocycles. The first-order valence-corrected chi connectivity index (χ1v) is 6.92. The van der Waals surface area contributed by atoms with Crippen LogP contribution in [-0.4, -0.2) is 20.7 Å². The topological polar surface area (TPSA) is 51.8 Å². The molecule has 16 heavy (non-hydrogen) atoms. The van der Waals surface area contributed by atoms with Gasteiger partial charge in [0, 0.05) is 16.0 Å². The van der Waals surface area contributed by atoms with Gasteiger partial charge in [-0.2, -0.15) is 0 Å². The predicted molar refractivity (Wildman–Crippen MR) is 74.4 cm³/mol. The predicted octanol–water partition coefficient (Wildman–Crippen LogP) is 2.69. The molecule has 0 spiro atoms. The number of thiocarbonyl (C=S) groups is 1. The minimum Gasteiger partial charge on any atom is -0.393 e. The lowest BCUT2D eigenvalue weighted by molar-refractivity contribution is 1.11. The second-order valence-electron chi connectivity index (χ2n) is 3.40. The summed E-state index contributed by atoms with van der Waals surface area (Å²) in [6.07, 6.45) is 1.60. The molecule has 6 heteroatoms. The van der Waals surface area contributed by atoms with Crippen LogP contribution in [0.1, 0.15) is 10.4 Å². The Morgan fingerprint density at radius 3 is 2.94 bits per heavy atom. The van der Waals surface area contributed by atoms with Crippen molar-refractivity contribution in [3.63, 3.8) is 0 Å². The van der Waals surface area contributed by atoms with E-state index >= 15 is 0 Å². The lowest BCUT2D eigenvalue weighted by Crippen LogP contribution is -2.10. The van der Waals surface area contributed by atoms with E-state index in [4.69, 9.17) is 18.0 Å². The molecule has 0 aliphatic heterocycles. The number of rotatable bonds is 3. The molecule has 2 aromatic rings. The van der Waals surface area contributed by atoms with Gasteiger partial charge in [0.05, 0.1) is 4.99 Å². The molecular weight excluding hydrogens is 258 g/mol. The summed E-state index contributed by atoms with van der Waals surface area (Å²) in [7, 11) is 0. The molecule has 0 amide bonds. The zero-order chi connectivity index (χ0) is 11.7. The average Bonchev–Trinajstić information content (AvgIpc) is 2.52. The Labute approximate surface area is 107 Å². The Morgan fingerprint density at radius 1 is 1.50 bits per heavy atom. The van der Waals surface area contributed by atoms with Crippen LogP contribution in [0.3, 0.4) is 0 Å². The number of aromatic nitrogens is 2. The second kappa shape index (κ2) is 4.65. The number of thiophene rings is 1. The molecule has 0 saturated heterocycles. The largest absolute Gasteiger partial charge is 0.393 e. The molecule has 0 aromatic carbocycles. The van der Waals surface area contributed by atoms with E-state index in [9.17, 15) is 0 Å². The SMILES string of the molecule is Cc1sc2ncnc(SCC(N)=S)c2c1C. The van der Waals surface area contributed by atoms with Gasteiger partial charge in [-0.1, -0.05) is 24.0 Å². The summed E-state index contributed by atoms with van der Waals surface area (Å²) >= 11 is 8.15. The maximum Gasteiger partial charge on any atom is 0.128 e. The van der Waals surface area contributed by atoms with Crippen molar-refractivity contribution in [3.8, 4) is 0 Å². The van der Waals surface area contributed by atoms with Crippen LogP contribution in [0, 0.1) is 13.8 Å². The van der Waals surface area contributed by atoms with E-state index in [1.165, 1.54) is 10.4 Å². The Hall–Kier alpha value is -0.720. The van der Waals surface area contributed by atoms with Crippen molar-refractivity contribution in [1.29, 1.82) is 0 Å². The number of fused-ring (bicyclic) bond motifs is 1. The highest BCUT2D eigenvalue weighted by Gasteiger charge is 2.12. The molecule has 0 aliphatic rings. The normalized spacial score (nSPS) is 10.9. The van der Waals surface area contributed by atoms with E-state index < -0.39 is 0 Å². The van der Waals surface area contributed by atoms with Gasteiger partial charge in [-0.3, -0.25) is 0 Å². The first-order valence-electron chi connectivity index (χ1n) is 4.71. The zero-order valence-corrected chi connectivity index (χ0v) is 11.4. The van der Waals surface area contributed by atoms with Gasteiger partial charge in [0.2, 0.25) is 0 Å². The summed E-state index contributed by atoms with van der Waals surface area (Å²) in [4.78, 5) is 11.4. The van der Waals surface area contributed by atoms with E-state index in [1.807, 2.05) is 0 Å². The number of thioether (sulfide) groups is 1. The van der Waals surface area contributed by atoms with Crippen molar-refractivity contribution < 1.29 is 0 Å². The summed E-state index contributed by atoms with van der Waals surface area (Å²) in [5.41, 5.74) is 6.75. The highest BCUT2D eigenvalue weighted by atomic mass is 32.2. The molecule has 0 bridgehead atoms. The molecular formula is C10H11N3S3. The average molecular weight is 269 g/mol. The summed E-state index contributed by atoms with van der Waals surface area (Å²) < 4.78 is 0. The number of hydrogen-bond donors (Lipinski definition) is 1. The summed E-state index contributed by atoms with van der Waals surface area (Å²) in [5.74, 6) is 0.621. The summed E-state index contributed by atoms with van der Waals surface area (Å²) in [6, 6.07) is 0. The molecule has 84 valence electrons. The fourth-order valence-corrected chi connectivity index (χ4v) is 3.43. The van der Waals surface area contributed by atoms with E-state index in [-0.39, 0.29) is 0 Å². The van der Waals surface area contributed by atoms with Gasteiger partial charge in [0.15, 0.2) is 0 Å². The highest BCUT2D eigenvalue weighted by molar-refractivity contribution is 8.01. The standard InChI is InChI=1S/C10H11N3S3/c1-5-6(2)16-10-8(5)9(12-4-13-10)15-3-7(11)14/h4H,3H2,1-2H3,(H2,11,14). The zero-order valence-electron chi connectivity index (χ0n) is 8.98. The Bertz CT molecular complexity index is 547. The first kappa shape index (κ1) is 11.8. The van der Waals surface area contributed by atoms with Gasteiger partial charge in [-0.25, -0.2) is 9.97 Å². The van der Waals surface area contributed by atoms with Crippen molar-refractivity contribution in [3.05, 3.63) is 16.8 Å². The smallest absolute Gasteiger partial charge is 0.128 e. The maximum absolute atomic E-state index is 5.50. The number of hydrogen-bond acceptors (Lipinski definition) is 5. The molecule has 0 fully saturated rings. The van der Waals surface area contributed by atoms with Gasteiger partial charge < -0.3 is 5.73 Å². The number of nitrogens with two attached hydrogens (primary N) is 1. The third-order valence-electron chi connectivity index (χ3n) is 2.28. The molecule has 3 nitrogen and oxygen atoms in total. The van der Waals surface area contributed by atoms with Crippen LogP contribution in [0.5, 0.6) is 0 Å². The Morgan fingerprint density at radius 2 is 2.25 bits per heavy atom. The summed E-state index contributed by atoms with van der Waals surface area (Å²) in [6.45, 7) is 4.20. The van der Waals surface area contributed by atoms with E-state index in [1.54, 1.807) is 29.4 Å². The van der Waals surface area contributed by atoms with E-state index in [0.29, 0.717) is 10.7 Å². The van der Waals surface area contributed by atoms with Crippen LogP contribution in [0.25, 0.3) is 10.2 Å². The van der Waals surface area contributed by atoms with E-state index in [0.717, 1.165) is 15.2 Å². The molecule has 2 rings (SSSR count). The van der Waals surface area contributed by atoms with Crippen LogP contribution in [0.2, 0.25) is 0 Å². The quantitative estimate of drug-likeness (QED) is 0.527. The minimum absolute atomic E-state index is 0.501. The maximum atomic E-state index is 5.50. The van der Waals surface area contributed by atoms with Crippen molar-refractivity contribution in [2.75, 3.05) is 5.75 Å². The Balaban J connectivity index is 2.48. The molecule has 0 saturated carbocycles. The number of nitrogens with zero attached hydrogens (tertiary/aromatic N) is 2. The van der Waals surface area contributed by atoms with Crippen molar-refractivity contribution in [2.24, 2.45) is 5.73 Å². The van der Waals surface area contributed by atoms with Crippen LogP contribution in [0.15, 0.2) is 11.4 Å². The van der Waals surface area contributed by atoms with Gasteiger partial charge in [-0.15, -0.1) is 11.3 Å². The fourth-order valence-electron chi connectivity index (χ4n) is 1.40. The van der Waals surface area contributed by atoms with Crippen LogP contribution in [0.4, 0.5) is 0 Å². The Kier molecular flexibility index (Phi) is 3.41. The van der Waals surface area contributed by atoms with Crippen LogP contribution >= 0.6 is 35.3 Å².